The zero-order chi connectivity index (χ0) is 30.1. The minimum Gasteiger partial charge on any atom is -0.488 e. The molecule has 1 amide bonds. The molecule has 222 valence electrons. The lowest BCUT2D eigenvalue weighted by atomic mass is 9.99. The molecule has 3 atom stereocenters. The standard InChI is InChI=1S/C27H35N5O7S2/c1-18-6-9-22(10-7-18)41(37,38)31(5)14-25-19(2)13-32(20(3)16-33)27(34)23-12-21(8-11-24(23)39-25)29-40(35,36)26-15-30(4)17-28-26/h6-12,15,17,19-20,25,29,33H,13-14,16H2,1-5H3/t19-,20+,25-/m1/s1. The largest absolute Gasteiger partial charge is 0.488 e. The Morgan fingerprint density at radius 2 is 1.85 bits per heavy atom. The zero-order valence-electron chi connectivity index (χ0n) is 23.6. The molecule has 0 spiro atoms. The van der Waals surface area contributed by atoms with Crippen molar-refractivity contribution in [1.29, 1.82) is 0 Å². The molecule has 0 saturated carbocycles. The highest BCUT2D eigenvalue weighted by Crippen LogP contribution is 2.32. The number of ether oxygens (including phenoxy) is 1. The summed E-state index contributed by atoms with van der Waals surface area (Å²) < 4.78 is 63.7. The van der Waals surface area contributed by atoms with E-state index in [1.165, 1.54) is 51.5 Å². The quantitative estimate of drug-likeness (QED) is 0.376. The molecule has 14 heteroatoms. The van der Waals surface area contributed by atoms with Crippen molar-refractivity contribution >= 4 is 31.6 Å². The van der Waals surface area contributed by atoms with E-state index in [-0.39, 0.29) is 52.5 Å². The molecule has 1 aliphatic rings. The maximum Gasteiger partial charge on any atom is 0.280 e. The summed E-state index contributed by atoms with van der Waals surface area (Å²) >= 11 is 0. The van der Waals surface area contributed by atoms with E-state index in [1.807, 2.05) is 13.8 Å². The number of aliphatic hydroxyl groups excluding tert-OH is 1. The van der Waals surface area contributed by atoms with Crippen LogP contribution in [0.3, 0.4) is 0 Å². The molecule has 0 saturated heterocycles. The number of likely N-dealkylation sites (N-methyl/N-ethyl adjacent to an activating group) is 1. The molecule has 0 fully saturated rings. The van der Waals surface area contributed by atoms with E-state index in [4.69, 9.17) is 4.74 Å². The Morgan fingerprint density at radius 1 is 1.17 bits per heavy atom. The summed E-state index contributed by atoms with van der Waals surface area (Å²) in [5, 5.41) is 9.70. The van der Waals surface area contributed by atoms with Gasteiger partial charge in [0.05, 0.1) is 36.0 Å². The molecular formula is C27H35N5O7S2. The Morgan fingerprint density at radius 3 is 2.46 bits per heavy atom. The van der Waals surface area contributed by atoms with Crippen LogP contribution in [0.1, 0.15) is 29.8 Å². The molecule has 41 heavy (non-hydrogen) atoms. The molecule has 4 rings (SSSR count). The van der Waals surface area contributed by atoms with Crippen LogP contribution in [-0.2, 0) is 27.1 Å². The van der Waals surface area contributed by atoms with Gasteiger partial charge in [0.25, 0.3) is 15.9 Å². The first-order chi connectivity index (χ1) is 19.2. The number of benzene rings is 2. The highest BCUT2D eigenvalue weighted by atomic mass is 32.2. The number of hydrogen-bond acceptors (Lipinski definition) is 8. The topological polar surface area (TPSA) is 151 Å². The smallest absolute Gasteiger partial charge is 0.280 e. The summed E-state index contributed by atoms with van der Waals surface area (Å²) in [6, 6.07) is 10.3. The molecular weight excluding hydrogens is 570 g/mol. The van der Waals surface area contributed by atoms with Crippen LogP contribution < -0.4 is 9.46 Å². The third-order valence-electron chi connectivity index (χ3n) is 7.04. The average molecular weight is 606 g/mol. The van der Waals surface area contributed by atoms with Crippen LogP contribution in [0.4, 0.5) is 5.69 Å². The SMILES string of the molecule is Cc1ccc(S(=O)(=O)N(C)C[C@H]2Oc3ccc(NS(=O)(=O)c4cn(C)cn4)cc3C(=O)N([C@@H](C)CO)C[C@H]2C)cc1. The fourth-order valence-corrected chi connectivity index (χ4v) is 6.70. The number of hydrogen-bond donors (Lipinski definition) is 2. The molecule has 2 N–H and O–H groups in total. The highest BCUT2D eigenvalue weighted by molar-refractivity contribution is 7.92. The Bertz CT molecular complexity index is 1620. The van der Waals surface area contributed by atoms with Crippen molar-refractivity contribution in [2.24, 2.45) is 13.0 Å². The van der Waals surface area contributed by atoms with Gasteiger partial charge in [-0.15, -0.1) is 0 Å². The Balaban J connectivity index is 1.68. The van der Waals surface area contributed by atoms with Gasteiger partial charge >= 0.3 is 0 Å². The number of carbonyl (C=O) groups excluding carboxylic acids is 1. The zero-order valence-corrected chi connectivity index (χ0v) is 25.2. The van der Waals surface area contributed by atoms with Crippen molar-refractivity contribution in [3.63, 3.8) is 0 Å². The Hall–Kier alpha value is -3.46. The van der Waals surface area contributed by atoms with Gasteiger partial charge in [-0.05, 0) is 44.2 Å². The number of amides is 1. The Labute approximate surface area is 240 Å². The van der Waals surface area contributed by atoms with E-state index in [1.54, 1.807) is 38.2 Å². The fourth-order valence-electron chi connectivity index (χ4n) is 4.48. The molecule has 2 aromatic carbocycles. The van der Waals surface area contributed by atoms with E-state index in [2.05, 4.69) is 9.71 Å². The van der Waals surface area contributed by atoms with Crippen LogP contribution >= 0.6 is 0 Å². The molecule has 0 unspecified atom stereocenters. The van der Waals surface area contributed by atoms with E-state index >= 15 is 0 Å². The van der Waals surface area contributed by atoms with Gasteiger partial charge in [0.2, 0.25) is 10.0 Å². The third-order valence-corrected chi connectivity index (χ3v) is 10.1. The number of nitrogens with one attached hydrogen (secondary N) is 1. The van der Waals surface area contributed by atoms with Crippen LogP contribution in [0.2, 0.25) is 0 Å². The maximum absolute atomic E-state index is 13.7. The second-order valence-electron chi connectivity index (χ2n) is 10.4. The molecule has 1 aromatic heterocycles. The van der Waals surface area contributed by atoms with Gasteiger partial charge in [0.1, 0.15) is 11.9 Å². The normalized spacial score (nSPS) is 18.8. The van der Waals surface area contributed by atoms with Crippen molar-refractivity contribution in [2.75, 3.05) is 31.5 Å². The second kappa shape index (κ2) is 11.8. The van der Waals surface area contributed by atoms with Gasteiger partial charge in [-0.25, -0.2) is 13.4 Å². The predicted molar refractivity (Wildman–Crippen MR) is 153 cm³/mol. The number of fused-ring (bicyclic) bond motifs is 1. The van der Waals surface area contributed by atoms with Crippen molar-refractivity contribution in [1.82, 2.24) is 18.8 Å². The van der Waals surface area contributed by atoms with Crippen LogP contribution in [-0.4, -0.2) is 85.5 Å². The lowest BCUT2D eigenvalue weighted by Crippen LogP contribution is -2.50. The first kappa shape index (κ1) is 30.5. The third kappa shape index (κ3) is 6.56. The van der Waals surface area contributed by atoms with Crippen molar-refractivity contribution in [3.8, 4) is 5.75 Å². The number of nitrogens with zero attached hydrogens (tertiary/aromatic N) is 4. The molecule has 12 nitrogen and oxygen atoms in total. The molecule has 3 aromatic rings. The fraction of sp³-hybridized carbons (Fsp3) is 0.407. The van der Waals surface area contributed by atoms with Gasteiger partial charge in [-0.1, -0.05) is 24.6 Å². The second-order valence-corrected chi connectivity index (χ2v) is 14.1. The highest BCUT2D eigenvalue weighted by Gasteiger charge is 2.35. The molecule has 0 aliphatic carbocycles. The lowest BCUT2D eigenvalue weighted by Gasteiger charge is -2.38. The van der Waals surface area contributed by atoms with Crippen LogP contribution in [0.5, 0.6) is 5.75 Å². The van der Waals surface area contributed by atoms with Gasteiger partial charge in [0, 0.05) is 38.4 Å². The number of anilines is 1. The summed E-state index contributed by atoms with van der Waals surface area (Å²) in [7, 11) is -4.74. The van der Waals surface area contributed by atoms with E-state index in [9.17, 15) is 26.7 Å². The van der Waals surface area contributed by atoms with Gasteiger partial charge in [-0.2, -0.15) is 12.7 Å². The number of aryl methyl sites for hydroxylation is 2. The summed E-state index contributed by atoms with van der Waals surface area (Å²) in [4.78, 5) is 19.2. The first-order valence-electron chi connectivity index (χ1n) is 13.0. The lowest BCUT2D eigenvalue weighted by molar-refractivity contribution is 0.0387. The number of aromatic nitrogens is 2. The number of imidazole rings is 1. The Kier molecular flexibility index (Phi) is 8.78. The molecule has 2 heterocycles. The summed E-state index contributed by atoms with van der Waals surface area (Å²) in [5.41, 5.74) is 1.13. The van der Waals surface area contributed by atoms with Crippen molar-refractivity contribution < 1.29 is 31.5 Å². The van der Waals surface area contributed by atoms with Gasteiger partial charge < -0.3 is 19.3 Å². The van der Waals surface area contributed by atoms with Crippen molar-refractivity contribution in [2.45, 2.75) is 42.8 Å². The number of carbonyl (C=O) groups is 1. The van der Waals surface area contributed by atoms with Crippen LogP contribution in [0, 0.1) is 12.8 Å². The minimum absolute atomic E-state index is 0.0135. The monoisotopic (exact) mass is 605 g/mol. The summed E-state index contributed by atoms with van der Waals surface area (Å²) in [6.45, 7) is 5.28. The van der Waals surface area contributed by atoms with E-state index in [0.717, 1.165) is 5.56 Å². The number of aliphatic hydroxyl groups is 1. The molecule has 1 aliphatic heterocycles. The van der Waals surface area contributed by atoms with Crippen LogP contribution in [0.15, 0.2) is 64.9 Å². The number of sulfonamides is 2. The molecule has 0 radical (unpaired) electrons. The van der Waals surface area contributed by atoms with Gasteiger partial charge in [-0.3, -0.25) is 9.52 Å². The van der Waals surface area contributed by atoms with E-state index < -0.39 is 38.1 Å². The van der Waals surface area contributed by atoms with Crippen molar-refractivity contribution in [3.05, 3.63) is 66.1 Å². The molecule has 0 bridgehead atoms. The number of rotatable bonds is 9. The van der Waals surface area contributed by atoms with Crippen LogP contribution in [0.25, 0.3) is 0 Å². The average Bonchev–Trinajstić information content (AvgIpc) is 3.38. The first-order valence-corrected chi connectivity index (χ1v) is 15.9. The van der Waals surface area contributed by atoms with Gasteiger partial charge in [0.15, 0.2) is 5.03 Å². The maximum atomic E-state index is 13.7. The summed E-state index contributed by atoms with van der Waals surface area (Å²) in [5.74, 6) is -0.603. The minimum atomic E-state index is -4.03. The van der Waals surface area contributed by atoms with E-state index in [0.29, 0.717) is 0 Å². The predicted octanol–water partition coefficient (Wildman–Crippen LogP) is 2.07. The summed E-state index contributed by atoms with van der Waals surface area (Å²) in [6.07, 6.45) is 2.04.